The number of rotatable bonds is 5. The van der Waals surface area contributed by atoms with Gasteiger partial charge in [-0.1, -0.05) is 6.92 Å². The molecule has 28 heavy (non-hydrogen) atoms. The molecule has 1 aromatic rings. The van der Waals surface area contributed by atoms with Gasteiger partial charge in [0.25, 0.3) is 0 Å². The highest BCUT2D eigenvalue weighted by Gasteiger charge is 2.45. The summed E-state index contributed by atoms with van der Waals surface area (Å²) in [5.74, 6) is 1.67. The molecule has 2 atom stereocenters. The molecule has 1 saturated heterocycles. The summed E-state index contributed by atoms with van der Waals surface area (Å²) in [6, 6.07) is 4.40. The third-order valence-corrected chi connectivity index (χ3v) is 6.66. The molecule has 0 radical (unpaired) electrons. The molecule has 156 valence electrons. The largest absolute Gasteiger partial charge is 0.493 e. The Morgan fingerprint density at radius 2 is 1.71 bits per heavy atom. The lowest BCUT2D eigenvalue weighted by Crippen LogP contribution is -2.49. The second-order valence-corrected chi connectivity index (χ2v) is 8.72. The Bertz CT molecular complexity index is 690. The summed E-state index contributed by atoms with van der Waals surface area (Å²) in [5.41, 5.74) is 1.85. The summed E-state index contributed by atoms with van der Waals surface area (Å²) in [6.45, 7) is 4.19. The minimum atomic E-state index is -0.710. The average Bonchev–Trinajstić information content (AvgIpc) is 3.16. The smallest absolute Gasteiger partial charge is 0.168 e. The fourth-order valence-electron chi connectivity index (χ4n) is 4.99. The predicted octanol–water partition coefficient (Wildman–Crippen LogP) is 2.97. The van der Waals surface area contributed by atoms with E-state index in [1.54, 1.807) is 14.2 Å². The van der Waals surface area contributed by atoms with Crippen LogP contribution in [0.1, 0.15) is 56.2 Å². The Morgan fingerprint density at radius 1 is 1.07 bits per heavy atom. The number of aliphatic hydroxyl groups is 1. The van der Waals surface area contributed by atoms with Crippen LogP contribution >= 0.6 is 0 Å². The van der Waals surface area contributed by atoms with Gasteiger partial charge < -0.3 is 29.4 Å². The van der Waals surface area contributed by atoms with Gasteiger partial charge in [0.15, 0.2) is 17.3 Å². The highest BCUT2D eigenvalue weighted by atomic mass is 16.7. The molecule has 6 heteroatoms. The van der Waals surface area contributed by atoms with E-state index in [1.165, 1.54) is 11.1 Å². The van der Waals surface area contributed by atoms with Gasteiger partial charge >= 0.3 is 0 Å². The van der Waals surface area contributed by atoms with E-state index in [9.17, 15) is 5.11 Å². The number of methoxy groups -OCH3 is 2. The van der Waals surface area contributed by atoms with Crippen molar-refractivity contribution >= 4 is 0 Å². The quantitative estimate of drug-likeness (QED) is 0.804. The lowest BCUT2D eigenvalue weighted by molar-refractivity contribution is -0.202. The predicted molar refractivity (Wildman–Crippen MR) is 106 cm³/mol. The molecule has 1 spiro atoms. The van der Waals surface area contributed by atoms with Crippen molar-refractivity contribution in [2.75, 3.05) is 34.0 Å². The Kier molecular flexibility index (Phi) is 5.58. The molecular weight excluding hydrogens is 358 g/mol. The van der Waals surface area contributed by atoms with Crippen LogP contribution in [0.4, 0.5) is 0 Å². The lowest BCUT2D eigenvalue weighted by atomic mass is 9.79. The van der Waals surface area contributed by atoms with Crippen LogP contribution in [0.5, 0.6) is 11.5 Å². The van der Waals surface area contributed by atoms with Crippen molar-refractivity contribution in [3.63, 3.8) is 0 Å². The molecule has 0 amide bonds. The van der Waals surface area contributed by atoms with E-state index in [-0.39, 0.29) is 6.04 Å². The van der Waals surface area contributed by atoms with Crippen molar-refractivity contribution in [3.8, 4) is 11.5 Å². The fourth-order valence-corrected chi connectivity index (χ4v) is 4.99. The third-order valence-electron chi connectivity index (χ3n) is 6.66. The van der Waals surface area contributed by atoms with Gasteiger partial charge in [-0.3, -0.25) is 0 Å². The Hall–Kier alpha value is -1.34. The zero-order chi connectivity index (χ0) is 19.8. The molecule has 1 aliphatic heterocycles. The van der Waals surface area contributed by atoms with Crippen LogP contribution < -0.4 is 14.8 Å². The molecule has 1 heterocycles. The van der Waals surface area contributed by atoms with Crippen molar-refractivity contribution in [1.29, 1.82) is 0 Å². The molecule has 6 nitrogen and oxygen atoms in total. The van der Waals surface area contributed by atoms with Crippen molar-refractivity contribution in [3.05, 3.63) is 23.3 Å². The first-order valence-electron chi connectivity index (χ1n) is 10.4. The van der Waals surface area contributed by atoms with Crippen LogP contribution in [0.2, 0.25) is 0 Å². The van der Waals surface area contributed by atoms with Crippen molar-refractivity contribution in [1.82, 2.24) is 5.32 Å². The highest BCUT2D eigenvalue weighted by molar-refractivity contribution is 5.49. The summed E-state index contributed by atoms with van der Waals surface area (Å²) in [4.78, 5) is 0. The third kappa shape index (κ3) is 3.88. The van der Waals surface area contributed by atoms with E-state index < -0.39 is 11.4 Å². The molecular formula is C22H33NO5. The van der Waals surface area contributed by atoms with E-state index in [0.717, 1.165) is 37.2 Å². The number of nitrogens with one attached hydrogen (secondary N) is 1. The summed E-state index contributed by atoms with van der Waals surface area (Å²) >= 11 is 0. The maximum Gasteiger partial charge on any atom is 0.168 e. The number of benzene rings is 1. The molecule has 2 fully saturated rings. The Labute approximate surface area is 167 Å². The van der Waals surface area contributed by atoms with Crippen LogP contribution in [0.3, 0.4) is 0 Å². The molecule has 1 aromatic carbocycles. The monoisotopic (exact) mass is 391 g/mol. The molecule has 2 aliphatic carbocycles. The summed E-state index contributed by atoms with van der Waals surface area (Å²) in [7, 11) is 3.35. The first-order valence-corrected chi connectivity index (χ1v) is 10.4. The van der Waals surface area contributed by atoms with Crippen LogP contribution in [-0.2, 0) is 15.9 Å². The van der Waals surface area contributed by atoms with Gasteiger partial charge in [0, 0.05) is 25.4 Å². The van der Waals surface area contributed by atoms with E-state index >= 15 is 0 Å². The van der Waals surface area contributed by atoms with E-state index in [2.05, 4.69) is 24.4 Å². The zero-order valence-electron chi connectivity index (χ0n) is 17.3. The first kappa shape index (κ1) is 20.0. The minimum absolute atomic E-state index is 0.206. The topological polar surface area (TPSA) is 69.2 Å². The summed E-state index contributed by atoms with van der Waals surface area (Å²) < 4.78 is 22.6. The standard InChI is InChI=1S/C22H33NO5/c1-15-10-16-12-19(25-2)20(26-3)13-17(16)18(11-15)23-14-21(24)4-6-22(7-5-21)27-8-9-28-22/h12-13,15,18,23-24H,4-11,14H2,1-3H3. The maximum absolute atomic E-state index is 11.1. The fraction of sp³-hybridized carbons (Fsp3) is 0.727. The first-order chi connectivity index (χ1) is 13.5. The molecule has 0 bridgehead atoms. The van der Waals surface area contributed by atoms with Crippen LogP contribution in [0.15, 0.2) is 12.1 Å². The number of fused-ring (bicyclic) bond motifs is 1. The molecule has 2 unspecified atom stereocenters. The second kappa shape index (κ2) is 7.82. The van der Waals surface area contributed by atoms with Crippen LogP contribution in [0, 0.1) is 5.92 Å². The van der Waals surface area contributed by atoms with Gasteiger partial charge in [-0.05, 0) is 54.9 Å². The molecule has 1 saturated carbocycles. The second-order valence-electron chi connectivity index (χ2n) is 8.72. The van der Waals surface area contributed by atoms with Gasteiger partial charge in [-0.15, -0.1) is 0 Å². The Balaban J connectivity index is 1.45. The normalized spacial score (nSPS) is 28.1. The van der Waals surface area contributed by atoms with Gasteiger partial charge in [-0.25, -0.2) is 0 Å². The van der Waals surface area contributed by atoms with E-state index in [0.29, 0.717) is 38.5 Å². The van der Waals surface area contributed by atoms with Gasteiger partial charge in [-0.2, -0.15) is 0 Å². The van der Waals surface area contributed by atoms with Crippen LogP contribution in [0.25, 0.3) is 0 Å². The average molecular weight is 392 g/mol. The molecule has 3 aliphatic rings. The number of hydrogen-bond donors (Lipinski definition) is 2. The lowest BCUT2D eigenvalue weighted by Gasteiger charge is -2.42. The van der Waals surface area contributed by atoms with Gasteiger partial charge in [0.1, 0.15) is 0 Å². The highest BCUT2D eigenvalue weighted by Crippen LogP contribution is 2.42. The summed E-state index contributed by atoms with van der Waals surface area (Å²) in [5, 5.41) is 14.8. The molecule has 2 N–H and O–H groups in total. The van der Waals surface area contributed by atoms with Crippen molar-refractivity contribution in [2.45, 2.75) is 62.9 Å². The van der Waals surface area contributed by atoms with Gasteiger partial charge in [0.2, 0.25) is 0 Å². The zero-order valence-corrected chi connectivity index (χ0v) is 17.3. The van der Waals surface area contributed by atoms with Crippen molar-refractivity contribution in [2.24, 2.45) is 5.92 Å². The molecule has 0 aromatic heterocycles. The maximum atomic E-state index is 11.1. The number of hydrogen-bond acceptors (Lipinski definition) is 6. The van der Waals surface area contributed by atoms with E-state index in [4.69, 9.17) is 18.9 Å². The minimum Gasteiger partial charge on any atom is -0.493 e. The van der Waals surface area contributed by atoms with Crippen molar-refractivity contribution < 1.29 is 24.1 Å². The summed E-state index contributed by atoms with van der Waals surface area (Å²) in [6.07, 6.45) is 4.99. The Morgan fingerprint density at radius 3 is 2.36 bits per heavy atom. The van der Waals surface area contributed by atoms with Crippen LogP contribution in [-0.4, -0.2) is 50.5 Å². The molecule has 4 rings (SSSR count). The SMILES string of the molecule is COc1cc2c(cc1OC)C(NCC1(O)CCC3(CC1)OCCO3)CC(C)C2. The number of ether oxygens (including phenoxy) is 4. The van der Waals surface area contributed by atoms with Gasteiger partial charge in [0.05, 0.1) is 33.0 Å². The van der Waals surface area contributed by atoms with E-state index in [1.807, 2.05) is 0 Å².